The van der Waals surface area contributed by atoms with E-state index in [1.54, 1.807) is 24.3 Å². The molecule has 1 fully saturated rings. The number of para-hydroxylation sites is 1. The number of halogens is 5. The van der Waals surface area contributed by atoms with Crippen molar-refractivity contribution >= 4 is 23.2 Å². The molecule has 0 radical (unpaired) electrons. The van der Waals surface area contributed by atoms with Gasteiger partial charge in [0, 0.05) is 35.8 Å². The van der Waals surface area contributed by atoms with E-state index in [1.807, 2.05) is 30.2 Å². The molecule has 2 aromatic carbocycles. The molecule has 1 saturated heterocycles. The first kappa shape index (κ1) is 26.9. The van der Waals surface area contributed by atoms with Crippen LogP contribution in [0.5, 0.6) is 11.5 Å². The summed E-state index contributed by atoms with van der Waals surface area (Å²) in [5.41, 5.74) is 3.05. The van der Waals surface area contributed by atoms with Gasteiger partial charge in [-0.25, -0.2) is 4.98 Å². The number of likely N-dealkylation sites (tertiary alicyclic amines) is 1. The van der Waals surface area contributed by atoms with E-state index in [2.05, 4.69) is 26.0 Å². The number of benzene rings is 2. The van der Waals surface area contributed by atoms with Gasteiger partial charge in [-0.2, -0.15) is 18.3 Å². The van der Waals surface area contributed by atoms with Gasteiger partial charge >= 0.3 is 6.18 Å². The number of pyridine rings is 1. The zero-order valence-electron chi connectivity index (χ0n) is 21.3. The van der Waals surface area contributed by atoms with Gasteiger partial charge in [0.05, 0.1) is 16.3 Å². The fraction of sp³-hybridized carbons (Fsp3) is 0.321. The molecule has 2 aromatic heterocycles. The largest absolute Gasteiger partial charge is 0.451 e. The highest BCUT2D eigenvalue weighted by molar-refractivity contribution is 6.35. The number of piperidine rings is 1. The van der Waals surface area contributed by atoms with Gasteiger partial charge in [0.1, 0.15) is 0 Å². The fourth-order valence-electron chi connectivity index (χ4n) is 5.24. The molecular weight excluding hydrogens is 566 g/mol. The number of alkyl halides is 3. The van der Waals surface area contributed by atoms with Gasteiger partial charge in [-0.1, -0.05) is 35.3 Å². The number of ether oxygens (including phenoxy) is 2. The summed E-state index contributed by atoms with van der Waals surface area (Å²) in [7, 11) is 0. The lowest BCUT2D eigenvalue weighted by Gasteiger charge is -2.32. The van der Waals surface area contributed by atoms with Crippen LogP contribution in [-0.2, 0) is 18.5 Å². The van der Waals surface area contributed by atoms with Crippen LogP contribution in [-0.4, -0.2) is 38.2 Å². The second-order valence-corrected chi connectivity index (χ2v) is 10.9. The predicted octanol–water partition coefficient (Wildman–Crippen LogP) is 7.22. The summed E-state index contributed by atoms with van der Waals surface area (Å²) in [4.78, 5) is 10.3. The molecule has 40 heavy (non-hydrogen) atoms. The molecule has 1 atom stereocenters. The average Bonchev–Trinajstić information content (AvgIpc) is 3.55. The van der Waals surface area contributed by atoms with Crippen molar-refractivity contribution in [2.45, 2.75) is 44.2 Å². The Balaban J connectivity index is 1.09. The molecule has 1 N–H and O–H groups in total. The smallest absolute Gasteiger partial charge is 0.444 e. The lowest BCUT2D eigenvalue weighted by atomic mass is 9.88. The van der Waals surface area contributed by atoms with Crippen molar-refractivity contribution in [2.24, 2.45) is 0 Å². The minimum atomic E-state index is -4.58. The van der Waals surface area contributed by atoms with Crippen LogP contribution in [0, 0.1) is 0 Å². The van der Waals surface area contributed by atoms with Gasteiger partial charge in [-0.15, -0.1) is 0 Å². The molecule has 2 aliphatic heterocycles. The highest BCUT2D eigenvalue weighted by atomic mass is 35.5. The van der Waals surface area contributed by atoms with Crippen LogP contribution >= 0.6 is 23.2 Å². The fourth-order valence-corrected chi connectivity index (χ4v) is 5.82. The second-order valence-electron chi connectivity index (χ2n) is 10.0. The van der Waals surface area contributed by atoms with Crippen LogP contribution in [0.15, 0.2) is 54.7 Å². The summed E-state index contributed by atoms with van der Waals surface area (Å²) in [6, 6.07) is 14.7. The maximum atomic E-state index is 12.8. The first-order chi connectivity index (χ1) is 19.1. The summed E-state index contributed by atoms with van der Waals surface area (Å²) < 4.78 is 51.1. The number of nitrogens with one attached hydrogen (secondary N) is 1. The lowest BCUT2D eigenvalue weighted by Crippen LogP contribution is -2.33. The Hall–Kier alpha value is -3.34. The van der Waals surface area contributed by atoms with E-state index < -0.39 is 17.8 Å². The number of hydrogen-bond donors (Lipinski definition) is 1. The van der Waals surface area contributed by atoms with Crippen LogP contribution in [0.4, 0.5) is 13.2 Å². The minimum absolute atomic E-state index is 0.0387. The van der Waals surface area contributed by atoms with Crippen LogP contribution in [0.3, 0.4) is 0 Å². The third kappa shape index (κ3) is 5.23. The van der Waals surface area contributed by atoms with Gasteiger partial charge in [-0.3, -0.25) is 15.0 Å². The van der Waals surface area contributed by atoms with Crippen LogP contribution in [0.1, 0.15) is 48.3 Å². The molecule has 208 valence electrons. The number of H-pyrrole nitrogens is 1. The van der Waals surface area contributed by atoms with E-state index in [0.29, 0.717) is 39.4 Å². The normalized spacial score (nSPS) is 19.8. The van der Waals surface area contributed by atoms with Gasteiger partial charge in [0.2, 0.25) is 5.82 Å². The van der Waals surface area contributed by atoms with E-state index >= 15 is 0 Å². The van der Waals surface area contributed by atoms with Gasteiger partial charge in [0.15, 0.2) is 17.3 Å². The Labute approximate surface area is 238 Å². The van der Waals surface area contributed by atoms with E-state index in [0.717, 1.165) is 42.9 Å². The molecule has 1 unspecified atom stereocenters. The van der Waals surface area contributed by atoms with Gasteiger partial charge < -0.3 is 9.47 Å². The van der Waals surface area contributed by atoms with Crippen molar-refractivity contribution < 1.29 is 22.6 Å². The molecule has 4 aromatic rings. The quantitative estimate of drug-likeness (QED) is 0.265. The minimum Gasteiger partial charge on any atom is -0.444 e. The van der Waals surface area contributed by atoms with Crippen molar-refractivity contribution in [2.75, 3.05) is 13.1 Å². The molecule has 0 amide bonds. The SMILES string of the molecule is CC1(c2ccc(Cl)cc2Cl)Oc2cccc(C3CCN(Cc4ccc(-c5n[nH]c(C(F)(F)F)n5)cn4)CC3)c2O1. The molecule has 0 saturated carbocycles. The maximum absolute atomic E-state index is 12.8. The summed E-state index contributed by atoms with van der Waals surface area (Å²) in [6.07, 6.45) is -1.23. The van der Waals surface area contributed by atoms with Crippen molar-refractivity contribution in [1.29, 1.82) is 0 Å². The van der Waals surface area contributed by atoms with E-state index in [-0.39, 0.29) is 5.82 Å². The second kappa shape index (κ2) is 10.2. The Morgan fingerprint density at radius 3 is 2.55 bits per heavy atom. The van der Waals surface area contributed by atoms with Crippen LogP contribution in [0.25, 0.3) is 11.4 Å². The van der Waals surface area contributed by atoms with E-state index in [9.17, 15) is 13.2 Å². The number of aromatic nitrogens is 4. The van der Waals surface area contributed by atoms with Crippen molar-refractivity contribution in [3.8, 4) is 22.9 Å². The molecule has 0 spiro atoms. The van der Waals surface area contributed by atoms with Crippen molar-refractivity contribution in [1.82, 2.24) is 25.1 Å². The highest BCUT2D eigenvalue weighted by Gasteiger charge is 2.42. The van der Waals surface area contributed by atoms with Gasteiger partial charge in [0.25, 0.3) is 5.79 Å². The number of nitrogens with zero attached hydrogens (tertiary/aromatic N) is 4. The Bertz CT molecular complexity index is 1540. The molecule has 6 rings (SSSR count). The molecule has 12 heteroatoms. The zero-order valence-corrected chi connectivity index (χ0v) is 22.8. The van der Waals surface area contributed by atoms with Crippen LogP contribution < -0.4 is 9.47 Å². The predicted molar refractivity (Wildman–Crippen MR) is 143 cm³/mol. The third-order valence-electron chi connectivity index (χ3n) is 7.28. The molecule has 0 bridgehead atoms. The third-order valence-corrected chi connectivity index (χ3v) is 7.83. The highest BCUT2D eigenvalue weighted by Crippen LogP contribution is 2.50. The topological polar surface area (TPSA) is 76.2 Å². The Morgan fingerprint density at radius 1 is 1.07 bits per heavy atom. The van der Waals surface area contributed by atoms with E-state index in [4.69, 9.17) is 32.7 Å². The van der Waals surface area contributed by atoms with Crippen LogP contribution in [0.2, 0.25) is 10.0 Å². The zero-order chi connectivity index (χ0) is 28.1. The molecule has 4 heterocycles. The van der Waals surface area contributed by atoms with Crippen molar-refractivity contribution in [3.63, 3.8) is 0 Å². The van der Waals surface area contributed by atoms with Gasteiger partial charge in [-0.05, 0) is 68.2 Å². The van der Waals surface area contributed by atoms with E-state index in [1.165, 1.54) is 6.20 Å². The monoisotopic (exact) mass is 589 g/mol. The number of rotatable bonds is 5. The summed E-state index contributed by atoms with van der Waals surface area (Å²) in [5, 5.41) is 6.60. The number of aromatic amines is 1. The Morgan fingerprint density at radius 2 is 1.88 bits per heavy atom. The first-order valence-corrected chi connectivity index (χ1v) is 13.5. The number of hydrogen-bond acceptors (Lipinski definition) is 6. The summed E-state index contributed by atoms with van der Waals surface area (Å²) in [5.74, 6) is -0.504. The molecular formula is C28H24Cl2F3N5O2. The standard InChI is InChI=1S/C28H24Cl2F3N5O2/c1-27(21-8-6-18(29)13-22(21)30)39-23-4-2-3-20(24(23)40-27)16-9-11-38(12-10-16)15-19-7-5-17(14-34-19)25-35-26(37-36-25)28(31,32)33/h2-8,13-14,16H,9-12,15H2,1H3,(H,35,36,37). The summed E-state index contributed by atoms with van der Waals surface area (Å²) >= 11 is 12.5. The molecule has 2 aliphatic rings. The maximum Gasteiger partial charge on any atom is 0.451 e. The number of fused-ring (bicyclic) bond motifs is 1. The summed E-state index contributed by atoms with van der Waals surface area (Å²) in [6.45, 7) is 4.20. The average molecular weight is 590 g/mol. The first-order valence-electron chi connectivity index (χ1n) is 12.7. The molecule has 0 aliphatic carbocycles. The molecule has 7 nitrogen and oxygen atoms in total. The Kier molecular flexibility index (Phi) is 6.88. The lowest BCUT2D eigenvalue weighted by molar-refractivity contribution is -0.144. The van der Waals surface area contributed by atoms with Crippen molar-refractivity contribution in [3.05, 3.63) is 87.4 Å².